The maximum absolute atomic E-state index is 11.0. The lowest BCUT2D eigenvalue weighted by Crippen LogP contribution is -2.08. The molecule has 0 aliphatic carbocycles. The van der Waals surface area contributed by atoms with Crippen LogP contribution in [0.2, 0.25) is 0 Å². The summed E-state index contributed by atoms with van der Waals surface area (Å²) in [5, 5.41) is 14.3. The second kappa shape index (κ2) is 8.49. The smallest absolute Gasteiger partial charge is 0.311 e. The first-order valence-corrected chi connectivity index (χ1v) is 7.59. The number of nitrogens with zero attached hydrogens (tertiary/aromatic N) is 1. The summed E-state index contributed by atoms with van der Waals surface area (Å²) >= 11 is 0. The van der Waals surface area contributed by atoms with Crippen LogP contribution in [0.3, 0.4) is 0 Å². The molecule has 0 saturated heterocycles. The van der Waals surface area contributed by atoms with Crippen molar-refractivity contribution in [2.24, 2.45) is 5.92 Å². The Kier molecular flexibility index (Phi) is 6.99. The van der Waals surface area contributed by atoms with E-state index in [0.717, 1.165) is 24.6 Å². The number of ether oxygens (including phenoxy) is 1. The molecule has 0 bridgehead atoms. The molecule has 118 valence electrons. The molecule has 1 N–H and O–H groups in total. The van der Waals surface area contributed by atoms with Crippen LogP contribution in [-0.4, -0.2) is 17.6 Å². The molecule has 0 unspecified atom stereocenters. The van der Waals surface area contributed by atoms with Crippen LogP contribution in [0, 0.1) is 16.0 Å². The summed E-state index contributed by atoms with van der Waals surface area (Å²) in [6.07, 6.45) is 3.41. The number of benzene rings is 1. The Bertz CT molecular complexity index is 459. The number of hydrogen-bond acceptors (Lipinski definition) is 4. The van der Waals surface area contributed by atoms with Crippen LogP contribution in [-0.2, 0) is 0 Å². The van der Waals surface area contributed by atoms with Crippen molar-refractivity contribution in [3.63, 3.8) is 0 Å². The molecule has 0 fully saturated rings. The summed E-state index contributed by atoms with van der Waals surface area (Å²) in [6.45, 7) is 9.02. The summed E-state index contributed by atoms with van der Waals surface area (Å²) in [6, 6.07) is 4.93. The number of unbranched alkanes of at least 4 members (excludes halogenated alkanes) is 1. The number of hydrogen-bond donors (Lipinski definition) is 1. The zero-order valence-corrected chi connectivity index (χ0v) is 13.4. The molecule has 0 atom stereocenters. The van der Waals surface area contributed by atoms with E-state index in [1.165, 1.54) is 18.9 Å². The van der Waals surface area contributed by atoms with Gasteiger partial charge in [0.05, 0.1) is 11.0 Å². The summed E-state index contributed by atoms with van der Waals surface area (Å²) < 4.78 is 5.52. The summed E-state index contributed by atoms with van der Waals surface area (Å²) in [7, 11) is 0. The van der Waals surface area contributed by atoms with Crippen LogP contribution in [0.5, 0.6) is 5.75 Å². The van der Waals surface area contributed by atoms with E-state index >= 15 is 0 Å². The third kappa shape index (κ3) is 6.47. The Balaban J connectivity index is 2.61. The average Bonchev–Trinajstić information content (AvgIpc) is 2.37. The van der Waals surface area contributed by atoms with Crippen LogP contribution in [0.4, 0.5) is 11.4 Å². The molecular weight excluding hydrogens is 268 g/mol. The fourth-order valence-electron chi connectivity index (χ4n) is 2.03. The lowest BCUT2D eigenvalue weighted by molar-refractivity contribution is -0.386. The highest BCUT2D eigenvalue weighted by molar-refractivity contribution is 5.58. The van der Waals surface area contributed by atoms with Gasteiger partial charge in [0, 0.05) is 24.4 Å². The molecule has 21 heavy (non-hydrogen) atoms. The lowest BCUT2D eigenvalue weighted by atomic mass is 10.1. The summed E-state index contributed by atoms with van der Waals surface area (Å²) in [5.74, 6) is 1.05. The van der Waals surface area contributed by atoms with E-state index in [-0.39, 0.29) is 11.8 Å². The minimum Gasteiger partial charge on any atom is -0.484 e. The van der Waals surface area contributed by atoms with Crippen molar-refractivity contribution in [3.8, 4) is 5.75 Å². The maximum atomic E-state index is 11.0. The van der Waals surface area contributed by atoms with Gasteiger partial charge < -0.3 is 10.1 Å². The van der Waals surface area contributed by atoms with Crippen molar-refractivity contribution in [3.05, 3.63) is 28.3 Å². The van der Waals surface area contributed by atoms with Gasteiger partial charge in [-0.05, 0) is 32.3 Å². The molecule has 0 saturated carbocycles. The third-order valence-corrected chi connectivity index (χ3v) is 3.06. The molecular formula is C16H26N2O3. The van der Waals surface area contributed by atoms with Gasteiger partial charge in [0.15, 0.2) is 5.75 Å². The number of nitro groups is 1. The van der Waals surface area contributed by atoms with Gasteiger partial charge >= 0.3 is 5.69 Å². The van der Waals surface area contributed by atoms with Gasteiger partial charge in [-0.2, -0.15) is 0 Å². The highest BCUT2D eigenvalue weighted by Crippen LogP contribution is 2.30. The van der Waals surface area contributed by atoms with Crippen molar-refractivity contribution in [2.45, 2.75) is 53.1 Å². The SMILES string of the molecule is CC(C)CCCCNc1ccc([N+](=O)[O-])c(OC(C)C)c1. The minimum atomic E-state index is -0.413. The van der Waals surface area contributed by atoms with E-state index < -0.39 is 4.92 Å². The Hall–Kier alpha value is -1.78. The van der Waals surface area contributed by atoms with E-state index in [0.29, 0.717) is 5.75 Å². The third-order valence-electron chi connectivity index (χ3n) is 3.06. The van der Waals surface area contributed by atoms with Crippen molar-refractivity contribution >= 4 is 11.4 Å². The highest BCUT2D eigenvalue weighted by Gasteiger charge is 2.16. The van der Waals surface area contributed by atoms with Crippen LogP contribution in [0.1, 0.15) is 47.0 Å². The zero-order valence-electron chi connectivity index (χ0n) is 13.4. The summed E-state index contributed by atoms with van der Waals surface area (Å²) in [5.41, 5.74) is 0.870. The number of nitrogens with one attached hydrogen (secondary N) is 1. The number of rotatable bonds is 9. The van der Waals surface area contributed by atoms with Crippen LogP contribution < -0.4 is 10.1 Å². The predicted molar refractivity (Wildman–Crippen MR) is 86.0 cm³/mol. The van der Waals surface area contributed by atoms with Crippen molar-refractivity contribution < 1.29 is 9.66 Å². The monoisotopic (exact) mass is 294 g/mol. The van der Waals surface area contributed by atoms with Crippen molar-refractivity contribution in [1.82, 2.24) is 0 Å². The van der Waals surface area contributed by atoms with E-state index in [9.17, 15) is 10.1 Å². The second-order valence-electron chi connectivity index (χ2n) is 5.92. The van der Waals surface area contributed by atoms with Crippen molar-refractivity contribution in [2.75, 3.05) is 11.9 Å². The molecule has 0 aliphatic rings. The highest BCUT2D eigenvalue weighted by atomic mass is 16.6. The average molecular weight is 294 g/mol. The van der Waals surface area contributed by atoms with Crippen molar-refractivity contribution in [1.29, 1.82) is 0 Å². The van der Waals surface area contributed by atoms with Gasteiger partial charge in [-0.25, -0.2) is 0 Å². The molecule has 1 aromatic rings. The number of nitro benzene ring substituents is 1. The molecule has 1 rings (SSSR count). The topological polar surface area (TPSA) is 64.4 Å². The molecule has 1 aromatic carbocycles. The molecule has 0 spiro atoms. The van der Waals surface area contributed by atoms with E-state index in [4.69, 9.17) is 4.74 Å². The zero-order chi connectivity index (χ0) is 15.8. The molecule has 0 amide bonds. The van der Waals surface area contributed by atoms with E-state index in [1.54, 1.807) is 12.1 Å². The van der Waals surface area contributed by atoms with Crippen LogP contribution in [0.25, 0.3) is 0 Å². The quantitative estimate of drug-likeness (QED) is 0.410. The van der Waals surface area contributed by atoms with Gasteiger partial charge in [-0.3, -0.25) is 10.1 Å². The Morgan fingerprint density at radius 3 is 2.52 bits per heavy atom. The minimum absolute atomic E-state index is 0.00839. The first kappa shape index (κ1) is 17.3. The summed E-state index contributed by atoms with van der Waals surface area (Å²) in [4.78, 5) is 10.6. The van der Waals surface area contributed by atoms with E-state index in [1.807, 2.05) is 13.8 Å². The lowest BCUT2D eigenvalue weighted by Gasteiger charge is -2.12. The Labute approximate surface area is 126 Å². The van der Waals surface area contributed by atoms with E-state index in [2.05, 4.69) is 19.2 Å². The number of anilines is 1. The maximum Gasteiger partial charge on any atom is 0.311 e. The Morgan fingerprint density at radius 2 is 1.95 bits per heavy atom. The van der Waals surface area contributed by atoms with Gasteiger partial charge in [-0.15, -0.1) is 0 Å². The molecule has 0 aliphatic heterocycles. The van der Waals surface area contributed by atoms with Gasteiger partial charge in [-0.1, -0.05) is 26.7 Å². The first-order valence-electron chi connectivity index (χ1n) is 7.59. The fraction of sp³-hybridized carbons (Fsp3) is 0.625. The molecule has 5 nitrogen and oxygen atoms in total. The van der Waals surface area contributed by atoms with Gasteiger partial charge in [0.2, 0.25) is 0 Å². The Morgan fingerprint density at radius 1 is 1.24 bits per heavy atom. The first-order chi connectivity index (χ1) is 9.90. The fourth-order valence-corrected chi connectivity index (χ4v) is 2.03. The predicted octanol–water partition coefficient (Wildman–Crippen LogP) is 4.62. The molecule has 0 heterocycles. The standard InChI is InChI=1S/C16H26N2O3/c1-12(2)7-5-6-10-17-14-8-9-15(18(19)20)16(11-14)21-13(3)4/h8-9,11-13,17H,5-7,10H2,1-4H3. The molecule has 0 radical (unpaired) electrons. The molecule has 5 heteroatoms. The van der Waals surface area contributed by atoms with Crippen LogP contribution in [0.15, 0.2) is 18.2 Å². The van der Waals surface area contributed by atoms with Gasteiger partial charge in [0.1, 0.15) is 0 Å². The second-order valence-corrected chi connectivity index (χ2v) is 5.92. The largest absolute Gasteiger partial charge is 0.484 e. The molecule has 0 aromatic heterocycles. The van der Waals surface area contributed by atoms with Crippen LogP contribution >= 0.6 is 0 Å². The normalized spacial score (nSPS) is 11.0. The van der Waals surface area contributed by atoms with Gasteiger partial charge in [0.25, 0.3) is 0 Å².